The molecule has 0 unspecified atom stereocenters. The lowest BCUT2D eigenvalue weighted by Crippen LogP contribution is -2.41. The minimum atomic E-state index is -3.10. The van der Waals surface area contributed by atoms with Crippen LogP contribution >= 0.6 is 0 Å². The zero-order valence-corrected chi connectivity index (χ0v) is 20.2. The predicted octanol–water partition coefficient (Wildman–Crippen LogP) is 2.01. The van der Waals surface area contributed by atoms with E-state index >= 15 is 0 Å². The van der Waals surface area contributed by atoms with E-state index in [0.29, 0.717) is 42.8 Å². The molecule has 2 aromatic rings. The van der Waals surface area contributed by atoms with Crippen molar-refractivity contribution in [1.82, 2.24) is 18.8 Å². The Kier molecular flexibility index (Phi) is 5.91. The molecule has 2 saturated carbocycles. The first-order valence-electron chi connectivity index (χ1n) is 12.1. The molecule has 10 heteroatoms. The Morgan fingerprint density at radius 2 is 2.00 bits per heavy atom. The molecular weight excluding hydrogens is 454 g/mol. The molecule has 0 radical (unpaired) electrons. The molecule has 0 amide bonds. The first kappa shape index (κ1) is 23.3. The SMILES string of the molecule is C#Cc1cc2cnc(NC3CCC(N4CCCS4(=O)=O)CC3)nc2n([C@@H]2CCC[C@@]2(C)O)c1=O. The smallest absolute Gasteiger partial charge is 0.268 e. The van der Waals surface area contributed by atoms with Crippen LogP contribution in [0.5, 0.6) is 0 Å². The molecule has 1 saturated heterocycles. The van der Waals surface area contributed by atoms with Gasteiger partial charge in [-0.05, 0) is 64.4 Å². The van der Waals surface area contributed by atoms with E-state index in [1.165, 1.54) is 0 Å². The summed E-state index contributed by atoms with van der Waals surface area (Å²) >= 11 is 0. The Morgan fingerprint density at radius 3 is 2.62 bits per heavy atom. The van der Waals surface area contributed by atoms with Gasteiger partial charge in [-0.15, -0.1) is 6.42 Å². The fourth-order valence-corrected chi connectivity index (χ4v) is 7.68. The highest BCUT2D eigenvalue weighted by molar-refractivity contribution is 7.89. The number of terminal acetylenes is 1. The number of hydrogen-bond acceptors (Lipinski definition) is 7. The highest BCUT2D eigenvalue weighted by Gasteiger charge is 2.40. The fourth-order valence-electron chi connectivity index (χ4n) is 5.88. The summed E-state index contributed by atoms with van der Waals surface area (Å²) in [5.41, 5.74) is -0.643. The second kappa shape index (κ2) is 8.63. The molecule has 0 aromatic carbocycles. The quantitative estimate of drug-likeness (QED) is 0.636. The number of nitrogens with zero attached hydrogens (tertiary/aromatic N) is 4. The Bertz CT molecular complexity index is 1310. The third kappa shape index (κ3) is 4.10. The van der Waals surface area contributed by atoms with Crippen LogP contribution in [0.4, 0.5) is 5.95 Å². The normalized spacial score (nSPS) is 31.5. The summed E-state index contributed by atoms with van der Waals surface area (Å²) in [6, 6.07) is 1.42. The number of pyridine rings is 1. The predicted molar refractivity (Wildman–Crippen MR) is 130 cm³/mol. The maximum Gasteiger partial charge on any atom is 0.268 e. The molecule has 182 valence electrons. The van der Waals surface area contributed by atoms with Gasteiger partial charge >= 0.3 is 0 Å². The first-order valence-corrected chi connectivity index (χ1v) is 13.7. The summed E-state index contributed by atoms with van der Waals surface area (Å²) in [5, 5.41) is 15.0. The van der Waals surface area contributed by atoms with Gasteiger partial charge in [0.1, 0.15) is 5.65 Å². The van der Waals surface area contributed by atoms with Gasteiger partial charge in [0.25, 0.3) is 5.56 Å². The summed E-state index contributed by atoms with van der Waals surface area (Å²) < 4.78 is 27.7. The second-order valence-corrected chi connectivity index (χ2v) is 12.1. The largest absolute Gasteiger partial charge is 0.388 e. The second-order valence-electron chi connectivity index (χ2n) is 10.0. The number of anilines is 1. The number of fused-ring (bicyclic) bond motifs is 1. The molecule has 2 aliphatic carbocycles. The van der Waals surface area contributed by atoms with Crippen molar-refractivity contribution in [3.8, 4) is 12.3 Å². The Labute approximate surface area is 199 Å². The molecule has 34 heavy (non-hydrogen) atoms. The van der Waals surface area contributed by atoms with Crippen molar-refractivity contribution in [2.75, 3.05) is 17.6 Å². The Hall–Kier alpha value is -2.48. The standard InChI is InChI=1S/C24H31N5O4S/c1-3-16-14-17-15-25-23(27-21(17)29(22(16)30)20-6-4-11-24(20,2)31)26-18-7-9-19(10-8-18)28-12-5-13-34(28,32)33/h1,14-15,18-20,31H,4-13H2,2H3,(H,25,26,27)/t18?,19?,20-,24-/m1/s1. The van der Waals surface area contributed by atoms with Crippen LogP contribution in [-0.2, 0) is 10.0 Å². The van der Waals surface area contributed by atoms with Crippen molar-refractivity contribution in [2.45, 2.75) is 82.0 Å². The van der Waals surface area contributed by atoms with Crippen LogP contribution in [0.15, 0.2) is 17.1 Å². The average molecular weight is 486 g/mol. The molecular formula is C24H31N5O4S. The summed E-state index contributed by atoms with van der Waals surface area (Å²) in [6.07, 6.45) is 13.3. The van der Waals surface area contributed by atoms with E-state index in [-0.39, 0.29) is 29.0 Å². The van der Waals surface area contributed by atoms with Crippen molar-refractivity contribution >= 4 is 27.0 Å². The van der Waals surface area contributed by atoms with Gasteiger partial charge in [0.2, 0.25) is 16.0 Å². The third-order valence-electron chi connectivity index (χ3n) is 7.69. The van der Waals surface area contributed by atoms with Gasteiger partial charge < -0.3 is 10.4 Å². The van der Waals surface area contributed by atoms with Gasteiger partial charge in [0.05, 0.1) is 23.0 Å². The van der Waals surface area contributed by atoms with Crippen molar-refractivity contribution < 1.29 is 13.5 Å². The Morgan fingerprint density at radius 1 is 1.24 bits per heavy atom. The lowest BCUT2D eigenvalue weighted by molar-refractivity contribution is 0.0266. The van der Waals surface area contributed by atoms with Gasteiger partial charge in [-0.2, -0.15) is 9.29 Å². The lowest BCUT2D eigenvalue weighted by Gasteiger charge is -2.34. The summed E-state index contributed by atoms with van der Waals surface area (Å²) in [7, 11) is -3.10. The fraction of sp³-hybridized carbons (Fsp3) is 0.625. The van der Waals surface area contributed by atoms with E-state index in [0.717, 1.165) is 32.1 Å². The molecule has 0 bridgehead atoms. The highest BCUT2D eigenvalue weighted by atomic mass is 32.2. The number of nitrogens with one attached hydrogen (secondary N) is 1. The summed E-state index contributed by atoms with van der Waals surface area (Å²) in [4.78, 5) is 22.3. The van der Waals surface area contributed by atoms with E-state index in [2.05, 4.69) is 21.2 Å². The third-order valence-corrected chi connectivity index (χ3v) is 9.69. The van der Waals surface area contributed by atoms with Gasteiger partial charge in [-0.1, -0.05) is 5.92 Å². The first-order chi connectivity index (χ1) is 16.2. The van der Waals surface area contributed by atoms with Crippen LogP contribution in [0.2, 0.25) is 0 Å². The van der Waals surface area contributed by atoms with Crippen molar-refractivity contribution in [2.24, 2.45) is 0 Å². The average Bonchev–Trinajstić information content (AvgIpc) is 3.34. The van der Waals surface area contributed by atoms with Gasteiger partial charge in [-0.25, -0.2) is 13.4 Å². The van der Waals surface area contributed by atoms with Crippen molar-refractivity contribution in [3.05, 3.63) is 28.2 Å². The van der Waals surface area contributed by atoms with E-state index in [9.17, 15) is 18.3 Å². The molecule has 0 spiro atoms. The van der Waals surface area contributed by atoms with Crippen LogP contribution in [0.1, 0.15) is 69.9 Å². The minimum absolute atomic E-state index is 0.0695. The number of sulfonamides is 1. The number of hydrogen-bond donors (Lipinski definition) is 2. The van der Waals surface area contributed by atoms with E-state index in [4.69, 9.17) is 6.42 Å². The van der Waals surface area contributed by atoms with Crippen LogP contribution in [-0.4, -0.2) is 62.3 Å². The topological polar surface area (TPSA) is 117 Å². The molecule has 1 aliphatic heterocycles. The zero-order chi connectivity index (χ0) is 24.1. The van der Waals surface area contributed by atoms with Gasteiger partial charge in [0.15, 0.2) is 0 Å². The monoisotopic (exact) mass is 485 g/mol. The van der Waals surface area contributed by atoms with E-state index in [1.54, 1.807) is 28.1 Å². The summed E-state index contributed by atoms with van der Waals surface area (Å²) in [6.45, 7) is 2.38. The Balaban J connectivity index is 1.40. The maximum absolute atomic E-state index is 13.2. The molecule has 3 heterocycles. The van der Waals surface area contributed by atoms with E-state index in [1.807, 2.05) is 0 Å². The summed E-state index contributed by atoms with van der Waals surface area (Å²) in [5.74, 6) is 3.14. The number of aromatic nitrogens is 3. The van der Waals surface area contributed by atoms with Crippen LogP contribution in [0.3, 0.4) is 0 Å². The molecule has 2 atom stereocenters. The highest BCUT2D eigenvalue weighted by Crippen LogP contribution is 2.39. The molecule has 3 aliphatic rings. The zero-order valence-electron chi connectivity index (χ0n) is 19.4. The molecule has 2 aromatic heterocycles. The lowest BCUT2D eigenvalue weighted by atomic mass is 9.91. The molecule has 9 nitrogen and oxygen atoms in total. The minimum Gasteiger partial charge on any atom is -0.388 e. The van der Waals surface area contributed by atoms with Crippen LogP contribution in [0.25, 0.3) is 11.0 Å². The van der Waals surface area contributed by atoms with Crippen LogP contribution < -0.4 is 10.9 Å². The molecule has 2 N–H and O–H groups in total. The maximum atomic E-state index is 13.2. The van der Waals surface area contributed by atoms with Crippen molar-refractivity contribution in [1.29, 1.82) is 0 Å². The molecule has 3 fully saturated rings. The number of rotatable bonds is 4. The van der Waals surface area contributed by atoms with Crippen molar-refractivity contribution in [3.63, 3.8) is 0 Å². The van der Waals surface area contributed by atoms with E-state index < -0.39 is 21.7 Å². The molecule has 5 rings (SSSR count). The van der Waals surface area contributed by atoms with Crippen LogP contribution in [0, 0.1) is 12.3 Å². The van der Waals surface area contributed by atoms with Gasteiger partial charge in [-0.3, -0.25) is 9.36 Å². The number of aliphatic hydroxyl groups is 1. The van der Waals surface area contributed by atoms with Gasteiger partial charge in [0, 0.05) is 30.2 Å².